The van der Waals surface area contributed by atoms with Gasteiger partial charge in [-0.2, -0.15) is 0 Å². The third kappa shape index (κ3) is 4.21. The number of nitrogens with zero attached hydrogens (tertiary/aromatic N) is 3. The maximum absolute atomic E-state index is 13.8. The fraction of sp³-hybridized carbons (Fsp3) is 0.412. The lowest BCUT2D eigenvalue weighted by Gasteiger charge is -2.28. The Balaban J connectivity index is 2.50. The molecule has 0 aliphatic rings. The smallest absolute Gasteiger partial charge is 0.242 e. The van der Waals surface area contributed by atoms with Crippen molar-refractivity contribution in [3.05, 3.63) is 42.4 Å². The molecule has 1 aromatic heterocycles. The van der Waals surface area contributed by atoms with E-state index in [1.165, 1.54) is 46.7 Å². The van der Waals surface area contributed by atoms with Crippen molar-refractivity contribution in [3.63, 3.8) is 0 Å². The van der Waals surface area contributed by atoms with Crippen LogP contribution in [0.5, 0.6) is 11.5 Å². The molecule has 1 aromatic carbocycles. The van der Waals surface area contributed by atoms with Gasteiger partial charge in [-0.1, -0.05) is 0 Å². The van der Waals surface area contributed by atoms with Crippen LogP contribution in [0.1, 0.15) is 19.4 Å². The first-order chi connectivity index (χ1) is 12.3. The molecule has 0 N–H and O–H groups in total. The van der Waals surface area contributed by atoms with Gasteiger partial charge < -0.3 is 9.47 Å². The van der Waals surface area contributed by atoms with E-state index in [1.807, 2.05) is 0 Å². The number of aromatic nitrogens is 2. The van der Waals surface area contributed by atoms with E-state index in [2.05, 4.69) is 9.97 Å². The van der Waals surface area contributed by atoms with Crippen molar-refractivity contribution >= 4 is 15.8 Å². The third-order valence-corrected chi connectivity index (χ3v) is 6.30. The quantitative estimate of drug-likeness (QED) is 0.697. The Bertz CT molecular complexity index is 831. The van der Waals surface area contributed by atoms with Crippen LogP contribution in [-0.4, -0.2) is 44.0 Å². The molecule has 2 rings (SSSR count). The second-order valence-corrected chi connectivity index (χ2v) is 7.89. The van der Waals surface area contributed by atoms with Crippen molar-refractivity contribution in [1.29, 1.82) is 0 Å². The minimum atomic E-state index is -4.01. The highest BCUT2D eigenvalue weighted by molar-refractivity contribution is 7.93. The Labute approximate surface area is 152 Å². The van der Waals surface area contributed by atoms with Crippen molar-refractivity contribution in [3.8, 4) is 11.5 Å². The van der Waals surface area contributed by atoms with Crippen LogP contribution in [0.25, 0.3) is 0 Å². The number of sulfonamides is 1. The number of anilines is 1. The molecule has 0 fully saturated rings. The molecule has 0 aliphatic carbocycles. The zero-order chi connectivity index (χ0) is 19.3. The SMILES string of the molecule is COc1ccc(CN(c2ccncn2)S(=O)(=O)C(C)C(C)F)c(OC)c1. The van der Waals surface area contributed by atoms with Gasteiger partial charge in [0, 0.05) is 23.9 Å². The van der Waals surface area contributed by atoms with E-state index in [9.17, 15) is 12.8 Å². The Hall–Kier alpha value is -2.42. The van der Waals surface area contributed by atoms with E-state index in [0.717, 1.165) is 4.31 Å². The van der Waals surface area contributed by atoms with Gasteiger partial charge in [0.05, 0.1) is 20.8 Å². The molecule has 9 heteroatoms. The Morgan fingerprint density at radius 3 is 2.46 bits per heavy atom. The molecule has 2 unspecified atom stereocenters. The van der Waals surface area contributed by atoms with Crippen molar-refractivity contribution in [1.82, 2.24) is 9.97 Å². The minimum Gasteiger partial charge on any atom is -0.497 e. The van der Waals surface area contributed by atoms with E-state index >= 15 is 0 Å². The molecule has 0 bridgehead atoms. The van der Waals surface area contributed by atoms with Gasteiger partial charge in [0.15, 0.2) is 0 Å². The summed E-state index contributed by atoms with van der Waals surface area (Å²) in [6.07, 6.45) is 1.13. The molecular formula is C17H22FN3O4S. The first-order valence-corrected chi connectivity index (χ1v) is 9.44. The summed E-state index contributed by atoms with van der Waals surface area (Å²) < 4.78 is 51.3. The van der Waals surface area contributed by atoms with E-state index in [-0.39, 0.29) is 12.4 Å². The van der Waals surface area contributed by atoms with Crippen molar-refractivity contribution in [2.45, 2.75) is 31.8 Å². The first kappa shape index (κ1) is 19.9. The molecule has 0 saturated carbocycles. The zero-order valence-corrected chi connectivity index (χ0v) is 15.9. The number of halogens is 1. The van der Waals surface area contributed by atoms with Crippen LogP contribution in [0.3, 0.4) is 0 Å². The summed E-state index contributed by atoms with van der Waals surface area (Å²) in [5, 5.41) is -1.23. The summed E-state index contributed by atoms with van der Waals surface area (Å²) in [7, 11) is -1.01. The normalized spacial score (nSPS) is 13.7. The number of alkyl halides is 1. The standard InChI is InChI=1S/C17H22FN3O4S/c1-12(18)13(2)26(22,23)21(17-7-8-19-11-20-17)10-14-5-6-15(24-3)9-16(14)25-4/h5-9,11-13H,10H2,1-4H3. The average molecular weight is 383 g/mol. The Morgan fingerprint density at radius 1 is 1.19 bits per heavy atom. The van der Waals surface area contributed by atoms with Gasteiger partial charge in [-0.3, -0.25) is 0 Å². The molecule has 0 radical (unpaired) electrons. The number of benzene rings is 1. The molecule has 2 aromatic rings. The highest BCUT2D eigenvalue weighted by Gasteiger charge is 2.34. The number of hydrogen-bond acceptors (Lipinski definition) is 6. The second kappa shape index (κ2) is 8.31. The van der Waals surface area contributed by atoms with Gasteiger partial charge in [-0.05, 0) is 26.0 Å². The van der Waals surface area contributed by atoms with Gasteiger partial charge in [0.2, 0.25) is 10.0 Å². The molecule has 0 spiro atoms. The number of ether oxygens (including phenoxy) is 2. The van der Waals surface area contributed by atoms with Gasteiger partial charge in [0.1, 0.15) is 35.1 Å². The number of hydrogen-bond donors (Lipinski definition) is 0. The van der Waals surface area contributed by atoms with E-state index < -0.39 is 21.4 Å². The van der Waals surface area contributed by atoms with Crippen LogP contribution < -0.4 is 13.8 Å². The molecule has 2 atom stereocenters. The van der Waals surface area contributed by atoms with E-state index in [1.54, 1.807) is 18.2 Å². The lowest BCUT2D eigenvalue weighted by atomic mass is 10.2. The summed E-state index contributed by atoms with van der Waals surface area (Å²) >= 11 is 0. The predicted molar refractivity (Wildman–Crippen MR) is 96.7 cm³/mol. The summed E-state index contributed by atoms with van der Waals surface area (Å²) in [6.45, 7) is 2.48. The van der Waals surface area contributed by atoms with Crippen molar-refractivity contribution in [2.24, 2.45) is 0 Å². The lowest BCUT2D eigenvalue weighted by molar-refractivity contribution is 0.351. The van der Waals surface area contributed by atoms with Crippen LogP contribution in [0.2, 0.25) is 0 Å². The van der Waals surface area contributed by atoms with Crippen LogP contribution in [-0.2, 0) is 16.6 Å². The molecule has 1 heterocycles. The van der Waals surface area contributed by atoms with Crippen LogP contribution in [0.4, 0.5) is 10.2 Å². The maximum atomic E-state index is 13.8. The Kier molecular flexibility index (Phi) is 6.36. The highest BCUT2D eigenvalue weighted by atomic mass is 32.2. The molecule has 26 heavy (non-hydrogen) atoms. The summed E-state index contributed by atoms with van der Waals surface area (Å²) in [6, 6.07) is 6.51. The van der Waals surface area contributed by atoms with E-state index in [0.29, 0.717) is 17.1 Å². The van der Waals surface area contributed by atoms with Gasteiger partial charge in [0.25, 0.3) is 0 Å². The average Bonchev–Trinajstić information content (AvgIpc) is 2.65. The van der Waals surface area contributed by atoms with Crippen LogP contribution in [0.15, 0.2) is 36.8 Å². The van der Waals surface area contributed by atoms with Gasteiger partial charge in [-0.25, -0.2) is 27.1 Å². The second-order valence-electron chi connectivity index (χ2n) is 5.68. The monoisotopic (exact) mass is 383 g/mol. The van der Waals surface area contributed by atoms with Crippen molar-refractivity contribution < 1.29 is 22.3 Å². The number of rotatable bonds is 8. The van der Waals surface area contributed by atoms with Crippen LogP contribution >= 0.6 is 0 Å². The summed E-state index contributed by atoms with van der Waals surface area (Å²) in [5.41, 5.74) is 0.592. The fourth-order valence-corrected chi connectivity index (χ4v) is 3.87. The molecule has 7 nitrogen and oxygen atoms in total. The largest absolute Gasteiger partial charge is 0.497 e. The molecule has 0 amide bonds. The van der Waals surface area contributed by atoms with Gasteiger partial charge >= 0.3 is 0 Å². The molecule has 142 valence electrons. The third-order valence-electron chi connectivity index (χ3n) is 4.05. The Morgan fingerprint density at radius 2 is 1.92 bits per heavy atom. The minimum absolute atomic E-state index is 0.0659. The number of methoxy groups -OCH3 is 2. The molecular weight excluding hydrogens is 361 g/mol. The summed E-state index contributed by atoms with van der Waals surface area (Å²) in [5.74, 6) is 1.19. The molecule has 0 saturated heterocycles. The van der Waals surface area contributed by atoms with Gasteiger partial charge in [-0.15, -0.1) is 0 Å². The molecule has 0 aliphatic heterocycles. The first-order valence-electron chi connectivity index (χ1n) is 7.93. The lowest BCUT2D eigenvalue weighted by Crippen LogP contribution is -2.41. The fourth-order valence-electron chi connectivity index (χ4n) is 2.31. The van der Waals surface area contributed by atoms with Crippen LogP contribution in [0, 0.1) is 0 Å². The maximum Gasteiger partial charge on any atom is 0.242 e. The highest BCUT2D eigenvalue weighted by Crippen LogP contribution is 2.29. The zero-order valence-electron chi connectivity index (χ0n) is 15.1. The predicted octanol–water partition coefficient (Wildman–Crippen LogP) is 2.58. The van der Waals surface area contributed by atoms with Crippen molar-refractivity contribution in [2.75, 3.05) is 18.5 Å². The topological polar surface area (TPSA) is 81.6 Å². The van der Waals surface area contributed by atoms with E-state index in [4.69, 9.17) is 9.47 Å². The summed E-state index contributed by atoms with van der Waals surface area (Å²) in [4.78, 5) is 7.83.